The molecule has 0 aliphatic carbocycles. The van der Waals surface area contributed by atoms with Gasteiger partial charge in [-0.15, -0.1) is 0 Å². The molecule has 0 amide bonds. The van der Waals surface area contributed by atoms with Crippen LogP contribution in [0, 0.1) is 17.1 Å². The van der Waals surface area contributed by atoms with Crippen LogP contribution in [0.15, 0.2) is 54.6 Å². The maximum absolute atomic E-state index is 13.7. The first-order valence-electron chi connectivity index (χ1n) is 8.26. The van der Waals surface area contributed by atoms with Crippen LogP contribution in [0.4, 0.5) is 10.1 Å². The summed E-state index contributed by atoms with van der Waals surface area (Å²) in [5.41, 5.74) is 2.09. The molecular weight excluding hydrogens is 301 g/mol. The van der Waals surface area contributed by atoms with Gasteiger partial charge in [0.05, 0.1) is 38.4 Å². The van der Waals surface area contributed by atoms with Crippen LogP contribution in [0.25, 0.3) is 6.08 Å². The van der Waals surface area contributed by atoms with Gasteiger partial charge < -0.3 is 9.80 Å². The van der Waals surface area contributed by atoms with Gasteiger partial charge in [-0.25, -0.2) is 4.39 Å². The summed E-state index contributed by atoms with van der Waals surface area (Å²) in [4.78, 5) is 3.62. The molecule has 1 N–H and O–H groups in total. The average Bonchev–Trinajstić information content (AvgIpc) is 2.63. The van der Waals surface area contributed by atoms with Gasteiger partial charge in [0.25, 0.3) is 0 Å². The van der Waals surface area contributed by atoms with E-state index in [1.807, 2.05) is 30.3 Å². The standard InChI is InChI=1S/C20H20FN3/c21-19-9-4-10-20(18(19)16-22)24-14-12-23(13-15-24)11-5-8-17-6-2-1-3-7-17/h1-10H,11-15H2/p+1/b8-5+. The molecule has 4 heteroatoms. The van der Waals surface area contributed by atoms with Crippen molar-refractivity contribution in [3.63, 3.8) is 0 Å². The smallest absolute Gasteiger partial charge is 0.143 e. The van der Waals surface area contributed by atoms with E-state index >= 15 is 0 Å². The number of nitrogens with zero attached hydrogens (tertiary/aromatic N) is 2. The largest absolute Gasteiger partial charge is 0.359 e. The minimum atomic E-state index is -0.435. The van der Waals surface area contributed by atoms with Gasteiger partial charge in [0.1, 0.15) is 17.4 Å². The number of quaternary nitrogens is 1. The van der Waals surface area contributed by atoms with E-state index in [-0.39, 0.29) is 5.56 Å². The number of anilines is 1. The van der Waals surface area contributed by atoms with E-state index in [1.165, 1.54) is 16.5 Å². The lowest BCUT2D eigenvalue weighted by atomic mass is 10.1. The highest BCUT2D eigenvalue weighted by atomic mass is 19.1. The van der Waals surface area contributed by atoms with Crippen LogP contribution in [-0.2, 0) is 0 Å². The summed E-state index contributed by atoms with van der Waals surface area (Å²) in [5, 5.41) is 9.18. The fourth-order valence-electron chi connectivity index (χ4n) is 3.08. The van der Waals surface area contributed by atoms with Crippen LogP contribution in [0.1, 0.15) is 11.1 Å². The lowest BCUT2D eigenvalue weighted by Crippen LogP contribution is -3.14. The monoisotopic (exact) mass is 322 g/mol. The Balaban J connectivity index is 1.56. The van der Waals surface area contributed by atoms with Crippen molar-refractivity contribution in [3.8, 4) is 6.07 Å². The number of benzene rings is 2. The molecule has 2 aromatic carbocycles. The van der Waals surface area contributed by atoms with Gasteiger partial charge in [-0.1, -0.05) is 42.5 Å². The van der Waals surface area contributed by atoms with E-state index < -0.39 is 5.82 Å². The van der Waals surface area contributed by atoms with Gasteiger partial charge in [-0.2, -0.15) is 5.26 Å². The summed E-state index contributed by atoms with van der Waals surface area (Å²) in [7, 11) is 0. The molecule has 24 heavy (non-hydrogen) atoms. The van der Waals surface area contributed by atoms with Crippen molar-refractivity contribution >= 4 is 11.8 Å². The van der Waals surface area contributed by atoms with Crippen molar-refractivity contribution in [1.29, 1.82) is 5.26 Å². The lowest BCUT2D eigenvalue weighted by molar-refractivity contribution is -0.894. The van der Waals surface area contributed by atoms with Crippen molar-refractivity contribution in [2.75, 3.05) is 37.6 Å². The van der Waals surface area contributed by atoms with Gasteiger partial charge in [0.2, 0.25) is 0 Å². The Bertz CT molecular complexity index is 741. The molecule has 0 spiro atoms. The Hall–Kier alpha value is -2.64. The first-order chi connectivity index (χ1) is 11.8. The van der Waals surface area contributed by atoms with E-state index in [9.17, 15) is 9.65 Å². The molecule has 0 radical (unpaired) electrons. The molecular formula is C20H21FN3+. The number of halogens is 1. The molecule has 0 saturated carbocycles. The summed E-state index contributed by atoms with van der Waals surface area (Å²) in [6, 6.07) is 17.1. The molecule has 3 nitrogen and oxygen atoms in total. The minimum absolute atomic E-state index is 0.157. The molecule has 0 aromatic heterocycles. The van der Waals surface area contributed by atoms with Crippen molar-refractivity contribution < 1.29 is 9.29 Å². The van der Waals surface area contributed by atoms with Gasteiger partial charge in [0, 0.05) is 0 Å². The second-order valence-electron chi connectivity index (χ2n) is 6.00. The van der Waals surface area contributed by atoms with Gasteiger partial charge in [0.15, 0.2) is 0 Å². The summed E-state index contributed by atoms with van der Waals surface area (Å²) in [5.74, 6) is -0.435. The topological polar surface area (TPSA) is 31.5 Å². The summed E-state index contributed by atoms with van der Waals surface area (Å²) >= 11 is 0. The number of nitriles is 1. The molecule has 122 valence electrons. The fraction of sp³-hybridized carbons (Fsp3) is 0.250. The van der Waals surface area contributed by atoms with Crippen molar-refractivity contribution in [2.45, 2.75) is 0 Å². The Morgan fingerprint density at radius 1 is 1.08 bits per heavy atom. The third-order valence-electron chi connectivity index (χ3n) is 4.43. The Morgan fingerprint density at radius 3 is 2.54 bits per heavy atom. The second kappa shape index (κ2) is 7.76. The molecule has 1 fully saturated rings. The zero-order chi connectivity index (χ0) is 16.8. The Morgan fingerprint density at radius 2 is 1.83 bits per heavy atom. The molecule has 0 bridgehead atoms. The maximum Gasteiger partial charge on any atom is 0.143 e. The second-order valence-corrected chi connectivity index (χ2v) is 6.00. The lowest BCUT2D eigenvalue weighted by Gasteiger charge is -2.33. The molecule has 3 rings (SSSR count). The van der Waals surface area contributed by atoms with Crippen molar-refractivity contribution in [2.24, 2.45) is 0 Å². The molecule has 2 aromatic rings. The van der Waals surface area contributed by atoms with E-state index in [0.717, 1.165) is 38.4 Å². The van der Waals surface area contributed by atoms with Crippen molar-refractivity contribution in [3.05, 3.63) is 71.6 Å². The first kappa shape index (κ1) is 16.2. The quantitative estimate of drug-likeness (QED) is 0.935. The van der Waals surface area contributed by atoms with E-state index in [0.29, 0.717) is 0 Å². The highest BCUT2D eigenvalue weighted by molar-refractivity contribution is 5.60. The normalized spacial score (nSPS) is 15.6. The predicted molar refractivity (Wildman–Crippen MR) is 94.4 cm³/mol. The van der Waals surface area contributed by atoms with Gasteiger partial charge in [-0.3, -0.25) is 0 Å². The van der Waals surface area contributed by atoms with Gasteiger partial charge in [-0.05, 0) is 23.8 Å². The van der Waals surface area contributed by atoms with E-state index in [4.69, 9.17) is 0 Å². The van der Waals surface area contributed by atoms with E-state index in [2.05, 4.69) is 29.2 Å². The zero-order valence-electron chi connectivity index (χ0n) is 13.6. The zero-order valence-corrected chi connectivity index (χ0v) is 13.6. The molecule has 0 unspecified atom stereocenters. The predicted octanol–water partition coefficient (Wildman–Crippen LogP) is 2.12. The van der Waals surface area contributed by atoms with Crippen LogP contribution in [0.5, 0.6) is 0 Å². The van der Waals surface area contributed by atoms with Crippen LogP contribution < -0.4 is 9.80 Å². The number of piperazine rings is 1. The number of hydrogen-bond donors (Lipinski definition) is 1. The number of rotatable bonds is 4. The minimum Gasteiger partial charge on any atom is -0.359 e. The average molecular weight is 322 g/mol. The molecule has 1 saturated heterocycles. The summed E-state index contributed by atoms with van der Waals surface area (Å²) in [6.45, 7) is 4.64. The van der Waals surface area contributed by atoms with Crippen molar-refractivity contribution in [1.82, 2.24) is 0 Å². The molecule has 1 aliphatic heterocycles. The first-order valence-corrected chi connectivity index (χ1v) is 8.26. The molecule has 1 aliphatic rings. The number of hydrogen-bond acceptors (Lipinski definition) is 2. The number of nitrogens with one attached hydrogen (secondary N) is 1. The third-order valence-corrected chi connectivity index (χ3v) is 4.43. The highest BCUT2D eigenvalue weighted by Gasteiger charge is 2.22. The SMILES string of the molecule is N#Cc1c(F)cccc1N1CC[NH+](C/C=C/c2ccccc2)CC1. The summed E-state index contributed by atoms with van der Waals surface area (Å²) in [6.07, 6.45) is 4.36. The molecule has 0 atom stereocenters. The summed E-state index contributed by atoms with van der Waals surface area (Å²) < 4.78 is 13.7. The highest BCUT2D eigenvalue weighted by Crippen LogP contribution is 2.22. The van der Waals surface area contributed by atoms with Gasteiger partial charge >= 0.3 is 0 Å². The Labute approximate surface area is 142 Å². The van der Waals surface area contributed by atoms with Crippen LogP contribution >= 0.6 is 0 Å². The Kier molecular flexibility index (Phi) is 5.25. The molecule has 1 heterocycles. The van der Waals surface area contributed by atoms with Crippen LogP contribution in [0.3, 0.4) is 0 Å². The van der Waals surface area contributed by atoms with E-state index in [1.54, 1.807) is 6.07 Å². The maximum atomic E-state index is 13.7. The third kappa shape index (κ3) is 3.81. The fourth-order valence-corrected chi connectivity index (χ4v) is 3.08. The van der Waals surface area contributed by atoms with Crippen LogP contribution in [-0.4, -0.2) is 32.7 Å². The van der Waals surface area contributed by atoms with Crippen LogP contribution in [0.2, 0.25) is 0 Å².